The van der Waals surface area contributed by atoms with Crippen LogP contribution in [0.4, 0.5) is 0 Å². The van der Waals surface area contributed by atoms with Gasteiger partial charge in [0, 0.05) is 16.0 Å². The lowest BCUT2D eigenvalue weighted by molar-refractivity contribution is -0.675. The third-order valence-corrected chi connectivity index (χ3v) is 2.82. The monoisotopic (exact) mass is 286 g/mol. The van der Waals surface area contributed by atoms with Crippen molar-refractivity contribution in [2.75, 3.05) is 13.2 Å². The Kier molecular flexibility index (Phi) is 5.85. The average Bonchev–Trinajstić information content (AvgIpc) is 2.21. The van der Waals surface area contributed by atoms with Crippen LogP contribution >= 0.6 is 15.9 Å². The molecule has 0 aromatic heterocycles. The first-order chi connectivity index (χ1) is 7.63. The molecular weight excluding hydrogens is 266 g/mol. The molecule has 16 heavy (non-hydrogen) atoms. The van der Waals surface area contributed by atoms with Crippen molar-refractivity contribution in [3.63, 3.8) is 0 Å². The second-order valence-electron chi connectivity index (χ2n) is 4.31. The second-order valence-corrected chi connectivity index (χ2v) is 5.22. The fourth-order valence-corrected chi connectivity index (χ4v) is 1.98. The summed E-state index contributed by atoms with van der Waals surface area (Å²) in [5.74, 6) is 1.73. The normalized spacial score (nSPS) is 10.8. The molecule has 3 heteroatoms. The predicted molar refractivity (Wildman–Crippen MR) is 70.6 cm³/mol. The van der Waals surface area contributed by atoms with Gasteiger partial charge in [-0.2, -0.15) is 0 Å². The van der Waals surface area contributed by atoms with Gasteiger partial charge in [-0.25, -0.2) is 0 Å². The highest BCUT2D eigenvalue weighted by atomic mass is 79.9. The molecular formula is C13H21BrNO+. The Hall–Kier alpha value is -0.540. The predicted octanol–water partition coefficient (Wildman–Crippen LogP) is 2.57. The van der Waals surface area contributed by atoms with Crippen molar-refractivity contribution in [1.29, 1.82) is 0 Å². The highest BCUT2D eigenvalue weighted by molar-refractivity contribution is 9.10. The molecule has 1 aromatic carbocycles. The van der Waals surface area contributed by atoms with Crippen molar-refractivity contribution in [2.45, 2.75) is 27.3 Å². The minimum Gasteiger partial charge on any atom is -0.493 e. The van der Waals surface area contributed by atoms with Gasteiger partial charge in [0.25, 0.3) is 0 Å². The van der Waals surface area contributed by atoms with Crippen LogP contribution in [0.2, 0.25) is 0 Å². The largest absolute Gasteiger partial charge is 0.493 e. The molecule has 0 fully saturated rings. The van der Waals surface area contributed by atoms with Crippen molar-refractivity contribution < 1.29 is 10.1 Å². The summed E-state index contributed by atoms with van der Waals surface area (Å²) in [6.07, 6.45) is 0. The first-order valence-corrected chi connectivity index (χ1v) is 6.65. The summed E-state index contributed by atoms with van der Waals surface area (Å²) in [4.78, 5) is 0. The third kappa shape index (κ3) is 4.54. The van der Waals surface area contributed by atoms with Crippen molar-refractivity contribution in [3.8, 4) is 5.75 Å². The molecule has 0 aliphatic heterocycles. The molecule has 0 saturated heterocycles. The standard InChI is InChI=1S/C13H20BrNO/c1-4-16-13-6-5-12(14)7-11(13)9-15-8-10(2)3/h5-7,10,15H,4,8-9H2,1-3H3/p+1. The van der Waals surface area contributed by atoms with Crippen LogP contribution in [0.1, 0.15) is 26.3 Å². The topological polar surface area (TPSA) is 25.8 Å². The Balaban J connectivity index is 2.64. The van der Waals surface area contributed by atoms with E-state index in [4.69, 9.17) is 4.74 Å². The van der Waals surface area contributed by atoms with Crippen LogP contribution in [0, 0.1) is 5.92 Å². The summed E-state index contributed by atoms with van der Waals surface area (Å²) in [6.45, 7) is 9.34. The van der Waals surface area contributed by atoms with Crippen LogP contribution in [0.25, 0.3) is 0 Å². The minimum atomic E-state index is 0.721. The molecule has 0 unspecified atom stereocenters. The van der Waals surface area contributed by atoms with E-state index >= 15 is 0 Å². The smallest absolute Gasteiger partial charge is 0.128 e. The van der Waals surface area contributed by atoms with Crippen molar-refractivity contribution >= 4 is 15.9 Å². The molecule has 2 N–H and O–H groups in total. The van der Waals surface area contributed by atoms with Crippen LogP contribution in [0.15, 0.2) is 22.7 Å². The fourth-order valence-electron chi connectivity index (χ4n) is 1.58. The molecule has 0 spiro atoms. The van der Waals surface area contributed by atoms with Gasteiger partial charge in [-0.1, -0.05) is 29.8 Å². The molecule has 1 aromatic rings. The molecule has 0 aliphatic rings. The van der Waals surface area contributed by atoms with E-state index in [0.717, 1.165) is 35.8 Å². The number of ether oxygens (including phenoxy) is 1. The summed E-state index contributed by atoms with van der Waals surface area (Å²) < 4.78 is 6.72. The maximum atomic E-state index is 5.61. The zero-order chi connectivity index (χ0) is 12.0. The van der Waals surface area contributed by atoms with Gasteiger partial charge in [0.1, 0.15) is 12.3 Å². The number of rotatable bonds is 6. The summed E-state index contributed by atoms with van der Waals surface area (Å²) in [5.41, 5.74) is 1.26. The van der Waals surface area contributed by atoms with Crippen LogP contribution in [0.5, 0.6) is 5.75 Å². The van der Waals surface area contributed by atoms with Crippen LogP contribution < -0.4 is 10.1 Å². The quantitative estimate of drug-likeness (QED) is 0.855. The highest BCUT2D eigenvalue weighted by Crippen LogP contribution is 2.22. The number of quaternary nitrogens is 1. The maximum Gasteiger partial charge on any atom is 0.128 e. The summed E-state index contributed by atoms with van der Waals surface area (Å²) in [7, 11) is 0. The Morgan fingerprint density at radius 1 is 1.38 bits per heavy atom. The fraction of sp³-hybridized carbons (Fsp3) is 0.538. The molecule has 0 saturated carbocycles. The van der Waals surface area contributed by atoms with Gasteiger partial charge in [-0.05, 0) is 25.1 Å². The van der Waals surface area contributed by atoms with Gasteiger partial charge >= 0.3 is 0 Å². The molecule has 0 heterocycles. The Morgan fingerprint density at radius 3 is 2.75 bits per heavy atom. The van der Waals surface area contributed by atoms with Gasteiger partial charge in [0.05, 0.1) is 13.2 Å². The molecule has 0 radical (unpaired) electrons. The van der Waals surface area contributed by atoms with Gasteiger partial charge in [-0.15, -0.1) is 0 Å². The highest BCUT2D eigenvalue weighted by Gasteiger charge is 2.06. The number of halogens is 1. The Labute approximate surface area is 107 Å². The lowest BCUT2D eigenvalue weighted by Crippen LogP contribution is -2.83. The van der Waals surface area contributed by atoms with Crippen LogP contribution in [-0.2, 0) is 6.54 Å². The first kappa shape index (κ1) is 13.5. The SMILES string of the molecule is CCOc1ccc(Br)cc1C[NH2+]CC(C)C. The molecule has 0 atom stereocenters. The number of hydrogen-bond donors (Lipinski definition) is 1. The lowest BCUT2D eigenvalue weighted by atomic mass is 10.2. The summed E-state index contributed by atoms with van der Waals surface area (Å²) >= 11 is 3.50. The molecule has 0 bridgehead atoms. The van der Waals surface area contributed by atoms with Crippen molar-refractivity contribution in [2.24, 2.45) is 5.92 Å². The molecule has 0 aliphatic carbocycles. The van der Waals surface area contributed by atoms with Crippen molar-refractivity contribution in [3.05, 3.63) is 28.2 Å². The molecule has 1 rings (SSSR count). The van der Waals surface area contributed by atoms with Crippen LogP contribution in [0.3, 0.4) is 0 Å². The number of benzene rings is 1. The number of hydrogen-bond acceptors (Lipinski definition) is 1. The Bertz CT molecular complexity index is 326. The van der Waals surface area contributed by atoms with E-state index in [1.54, 1.807) is 0 Å². The van der Waals surface area contributed by atoms with E-state index in [0.29, 0.717) is 0 Å². The zero-order valence-corrected chi connectivity index (χ0v) is 11.9. The van der Waals surface area contributed by atoms with Gasteiger partial charge < -0.3 is 10.1 Å². The maximum absolute atomic E-state index is 5.61. The average molecular weight is 287 g/mol. The lowest BCUT2D eigenvalue weighted by Gasteiger charge is -2.10. The van der Waals surface area contributed by atoms with E-state index in [2.05, 4.69) is 41.2 Å². The zero-order valence-electron chi connectivity index (χ0n) is 10.3. The minimum absolute atomic E-state index is 0.721. The number of nitrogens with two attached hydrogens (primary N) is 1. The van der Waals surface area contributed by atoms with Crippen LogP contribution in [-0.4, -0.2) is 13.2 Å². The first-order valence-electron chi connectivity index (χ1n) is 5.86. The summed E-state index contributed by atoms with van der Waals surface area (Å²) in [5, 5.41) is 2.33. The summed E-state index contributed by atoms with van der Waals surface area (Å²) in [6, 6.07) is 6.20. The second kappa shape index (κ2) is 6.92. The Morgan fingerprint density at radius 2 is 2.12 bits per heavy atom. The van der Waals surface area contributed by atoms with Gasteiger partial charge in [0.15, 0.2) is 0 Å². The van der Waals surface area contributed by atoms with E-state index in [1.807, 2.05) is 19.1 Å². The van der Waals surface area contributed by atoms with E-state index in [1.165, 1.54) is 5.56 Å². The molecule has 90 valence electrons. The van der Waals surface area contributed by atoms with Gasteiger partial charge in [-0.3, -0.25) is 0 Å². The van der Waals surface area contributed by atoms with E-state index < -0.39 is 0 Å². The molecule has 2 nitrogen and oxygen atoms in total. The van der Waals surface area contributed by atoms with Gasteiger partial charge in [0.2, 0.25) is 0 Å². The van der Waals surface area contributed by atoms with E-state index in [9.17, 15) is 0 Å². The van der Waals surface area contributed by atoms with E-state index in [-0.39, 0.29) is 0 Å². The molecule has 0 amide bonds. The third-order valence-electron chi connectivity index (χ3n) is 2.32. The van der Waals surface area contributed by atoms with Crippen molar-refractivity contribution in [1.82, 2.24) is 0 Å².